The SMILES string of the molecule is NNC(=O)CCCN1CCC(c2cc(C(F)(F)F)ccc2Cl)CC1. The summed E-state index contributed by atoms with van der Waals surface area (Å²) in [4.78, 5) is 13.3. The van der Waals surface area contributed by atoms with Crippen molar-refractivity contribution >= 4 is 17.5 Å². The Morgan fingerprint density at radius 3 is 2.58 bits per heavy atom. The van der Waals surface area contributed by atoms with E-state index in [1.807, 2.05) is 0 Å². The predicted molar refractivity (Wildman–Crippen MR) is 86.4 cm³/mol. The number of likely N-dealkylation sites (tertiary alicyclic amines) is 1. The Morgan fingerprint density at radius 2 is 2.00 bits per heavy atom. The van der Waals surface area contributed by atoms with Gasteiger partial charge in [0.25, 0.3) is 0 Å². The molecule has 1 saturated heterocycles. The zero-order valence-corrected chi connectivity index (χ0v) is 14.0. The number of benzene rings is 1. The lowest BCUT2D eigenvalue weighted by Gasteiger charge is -2.32. The molecule has 0 radical (unpaired) electrons. The number of nitrogens with one attached hydrogen (secondary N) is 1. The minimum absolute atomic E-state index is 0.0309. The molecule has 4 nitrogen and oxygen atoms in total. The van der Waals surface area contributed by atoms with E-state index in [0.717, 1.165) is 38.5 Å². The van der Waals surface area contributed by atoms with Crippen LogP contribution in [-0.2, 0) is 11.0 Å². The number of nitrogens with zero attached hydrogens (tertiary/aromatic N) is 1. The van der Waals surface area contributed by atoms with Gasteiger partial charge in [0.1, 0.15) is 0 Å². The second kappa shape index (κ2) is 8.18. The summed E-state index contributed by atoms with van der Waals surface area (Å²) in [6.45, 7) is 2.33. The first-order valence-corrected chi connectivity index (χ1v) is 8.27. The lowest BCUT2D eigenvalue weighted by atomic mass is 9.88. The van der Waals surface area contributed by atoms with E-state index < -0.39 is 11.7 Å². The summed E-state index contributed by atoms with van der Waals surface area (Å²) in [5.74, 6) is 4.86. The number of carbonyl (C=O) groups excluding carboxylic acids is 1. The smallest absolute Gasteiger partial charge is 0.303 e. The van der Waals surface area contributed by atoms with Crippen molar-refractivity contribution in [1.29, 1.82) is 0 Å². The molecular formula is C16H21ClF3N3O. The maximum atomic E-state index is 12.9. The molecule has 0 aromatic heterocycles. The van der Waals surface area contributed by atoms with Crippen LogP contribution in [0, 0.1) is 0 Å². The molecule has 134 valence electrons. The molecule has 1 fully saturated rings. The minimum atomic E-state index is -4.36. The molecule has 8 heteroatoms. The molecule has 1 amide bonds. The van der Waals surface area contributed by atoms with Crippen molar-refractivity contribution in [1.82, 2.24) is 10.3 Å². The number of alkyl halides is 3. The molecule has 1 aliphatic heterocycles. The molecule has 0 unspecified atom stereocenters. The number of amides is 1. The largest absolute Gasteiger partial charge is 0.416 e. The highest BCUT2D eigenvalue weighted by Gasteiger charge is 2.32. The summed E-state index contributed by atoms with van der Waals surface area (Å²) in [6.07, 6.45) is -1.77. The third-order valence-corrected chi connectivity index (χ3v) is 4.73. The molecule has 2 rings (SSSR count). The van der Waals surface area contributed by atoms with Gasteiger partial charge in [-0.2, -0.15) is 13.2 Å². The maximum absolute atomic E-state index is 12.9. The standard InChI is InChI=1S/C16H21ClF3N3O/c17-14-4-3-12(16(18,19)20)10-13(14)11-5-8-23(9-6-11)7-1-2-15(24)22-21/h3-4,10-11H,1-2,5-9,21H2,(H,22,24). The molecule has 0 saturated carbocycles. The van der Waals surface area contributed by atoms with E-state index in [4.69, 9.17) is 17.4 Å². The van der Waals surface area contributed by atoms with Crippen LogP contribution >= 0.6 is 11.6 Å². The van der Waals surface area contributed by atoms with Crippen LogP contribution in [0.5, 0.6) is 0 Å². The van der Waals surface area contributed by atoms with Gasteiger partial charge in [-0.25, -0.2) is 5.84 Å². The van der Waals surface area contributed by atoms with Crippen LogP contribution in [0.15, 0.2) is 18.2 Å². The van der Waals surface area contributed by atoms with E-state index in [1.165, 1.54) is 12.1 Å². The van der Waals surface area contributed by atoms with Gasteiger partial charge >= 0.3 is 6.18 Å². The average molecular weight is 364 g/mol. The summed E-state index contributed by atoms with van der Waals surface area (Å²) in [5, 5.41) is 0.390. The number of piperidine rings is 1. The van der Waals surface area contributed by atoms with Crippen LogP contribution in [-0.4, -0.2) is 30.4 Å². The molecule has 0 spiro atoms. The van der Waals surface area contributed by atoms with E-state index in [2.05, 4.69) is 10.3 Å². The Morgan fingerprint density at radius 1 is 1.33 bits per heavy atom. The van der Waals surface area contributed by atoms with Crippen LogP contribution in [0.1, 0.15) is 42.7 Å². The van der Waals surface area contributed by atoms with Gasteiger partial charge in [0.15, 0.2) is 0 Å². The van der Waals surface area contributed by atoms with Crippen molar-refractivity contribution in [3.05, 3.63) is 34.3 Å². The molecule has 1 aliphatic rings. The summed E-state index contributed by atoms with van der Waals surface area (Å²) < 4.78 is 38.6. The molecule has 0 bridgehead atoms. The van der Waals surface area contributed by atoms with Crippen LogP contribution in [0.2, 0.25) is 5.02 Å². The number of nitrogens with two attached hydrogens (primary N) is 1. The molecular weight excluding hydrogens is 343 g/mol. The van der Waals surface area contributed by atoms with Gasteiger partial charge in [0.05, 0.1) is 5.56 Å². The fraction of sp³-hybridized carbons (Fsp3) is 0.562. The lowest BCUT2D eigenvalue weighted by Crippen LogP contribution is -2.35. The molecule has 1 heterocycles. The molecule has 1 aromatic carbocycles. The van der Waals surface area contributed by atoms with Crippen LogP contribution in [0.4, 0.5) is 13.2 Å². The first-order chi connectivity index (χ1) is 11.3. The second-order valence-corrected chi connectivity index (χ2v) is 6.43. The highest BCUT2D eigenvalue weighted by molar-refractivity contribution is 6.31. The Labute approximate surface area is 144 Å². The van der Waals surface area contributed by atoms with Crippen molar-refractivity contribution in [2.75, 3.05) is 19.6 Å². The highest BCUT2D eigenvalue weighted by atomic mass is 35.5. The van der Waals surface area contributed by atoms with Crippen molar-refractivity contribution in [3.8, 4) is 0 Å². The van der Waals surface area contributed by atoms with Gasteiger partial charge in [-0.15, -0.1) is 0 Å². The van der Waals surface area contributed by atoms with Crippen LogP contribution < -0.4 is 11.3 Å². The molecule has 1 aromatic rings. The molecule has 3 N–H and O–H groups in total. The highest BCUT2D eigenvalue weighted by Crippen LogP contribution is 2.37. The summed E-state index contributed by atoms with van der Waals surface area (Å²) in [7, 11) is 0. The Kier molecular flexibility index (Phi) is 6.48. The number of hydrogen-bond donors (Lipinski definition) is 2. The van der Waals surface area contributed by atoms with Gasteiger partial charge in [-0.3, -0.25) is 10.2 Å². The third kappa shape index (κ3) is 5.09. The van der Waals surface area contributed by atoms with E-state index in [9.17, 15) is 18.0 Å². The Hall–Kier alpha value is -1.31. The summed E-state index contributed by atoms with van der Waals surface area (Å²) in [6, 6.07) is 3.52. The zero-order valence-electron chi connectivity index (χ0n) is 13.2. The second-order valence-electron chi connectivity index (χ2n) is 6.02. The summed E-state index contributed by atoms with van der Waals surface area (Å²) in [5.41, 5.74) is 2.01. The van der Waals surface area contributed by atoms with Crippen molar-refractivity contribution < 1.29 is 18.0 Å². The van der Waals surface area contributed by atoms with E-state index in [1.54, 1.807) is 0 Å². The number of hydrazine groups is 1. The van der Waals surface area contributed by atoms with Crippen LogP contribution in [0.3, 0.4) is 0 Å². The quantitative estimate of drug-likeness (QED) is 0.479. The first kappa shape index (κ1) is 19.0. The van der Waals surface area contributed by atoms with E-state index in [-0.39, 0.29) is 11.8 Å². The Bertz CT molecular complexity index is 572. The fourth-order valence-electron chi connectivity index (χ4n) is 3.04. The van der Waals surface area contributed by atoms with E-state index in [0.29, 0.717) is 23.4 Å². The van der Waals surface area contributed by atoms with Gasteiger partial charge in [0, 0.05) is 11.4 Å². The Balaban J connectivity index is 1.91. The minimum Gasteiger partial charge on any atom is -0.303 e. The zero-order chi connectivity index (χ0) is 17.7. The van der Waals surface area contributed by atoms with Gasteiger partial charge in [0.2, 0.25) is 5.91 Å². The third-order valence-electron chi connectivity index (χ3n) is 4.39. The first-order valence-electron chi connectivity index (χ1n) is 7.89. The predicted octanol–water partition coefficient (Wildman–Crippen LogP) is 3.31. The molecule has 0 atom stereocenters. The fourth-order valence-corrected chi connectivity index (χ4v) is 3.31. The number of rotatable bonds is 5. The van der Waals surface area contributed by atoms with Gasteiger partial charge in [-0.1, -0.05) is 11.6 Å². The monoisotopic (exact) mass is 363 g/mol. The van der Waals surface area contributed by atoms with Gasteiger partial charge in [-0.05, 0) is 68.6 Å². The van der Waals surface area contributed by atoms with Crippen molar-refractivity contribution in [2.24, 2.45) is 5.84 Å². The maximum Gasteiger partial charge on any atom is 0.416 e. The number of halogens is 4. The lowest BCUT2D eigenvalue weighted by molar-refractivity contribution is -0.137. The van der Waals surface area contributed by atoms with Crippen molar-refractivity contribution in [3.63, 3.8) is 0 Å². The normalized spacial score (nSPS) is 17.0. The van der Waals surface area contributed by atoms with Gasteiger partial charge < -0.3 is 4.90 Å². The number of hydrogen-bond acceptors (Lipinski definition) is 3. The summed E-state index contributed by atoms with van der Waals surface area (Å²) >= 11 is 6.11. The topological polar surface area (TPSA) is 58.4 Å². The van der Waals surface area contributed by atoms with Crippen molar-refractivity contribution in [2.45, 2.75) is 37.8 Å². The molecule has 24 heavy (non-hydrogen) atoms. The van der Waals surface area contributed by atoms with E-state index >= 15 is 0 Å². The number of carbonyl (C=O) groups is 1. The average Bonchev–Trinajstić information content (AvgIpc) is 2.55. The van der Waals surface area contributed by atoms with Crippen LogP contribution in [0.25, 0.3) is 0 Å². The molecule has 0 aliphatic carbocycles.